The van der Waals surface area contributed by atoms with Crippen LogP contribution in [0.25, 0.3) is 6.08 Å². The van der Waals surface area contributed by atoms with E-state index in [1.54, 1.807) is 25.4 Å². The second kappa shape index (κ2) is 12.2. The van der Waals surface area contributed by atoms with Crippen LogP contribution in [0.15, 0.2) is 48.3 Å². The average Bonchev–Trinajstić information content (AvgIpc) is 2.72. The molecule has 2 amide bonds. The van der Waals surface area contributed by atoms with Gasteiger partial charge in [-0.15, -0.1) is 0 Å². The van der Waals surface area contributed by atoms with Crippen molar-refractivity contribution < 1.29 is 9.59 Å². The van der Waals surface area contributed by atoms with Gasteiger partial charge in [0.1, 0.15) is 5.70 Å². The number of nitrogens with one attached hydrogen (secondary N) is 2. The Hall–Kier alpha value is -3.22. The lowest BCUT2D eigenvalue weighted by Crippen LogP contribution is -2.29. The molecule has 27 heavy (non-hydrogen) atoms. The highest BCUT2D eigenvalue weighted by atomic mass is 16.2. The third-order valence-electron chi connectivity index (χ3n) is 3.58. The van der Waals surface area contributed by atoms with Gasteiger partial charge in [0.25, 0.3) is 5.91 Å². The van der Waals surface area contributed by atoms with Crippen molar-refractivity contribution >= 4 is 24.3 Å². The van der Waals surface area contributed by atoms with Crippen molar-refractivity contribution in [3.05, 3.63) is 59.5 Å². The molecule has 0 saturated heterocycles. The van der Waals surface area contributed by atoms with E-state index in [4.69, 9.17) is 0 Å². The number of amides is 2. The first-order valence-corrected chi connectivity index (χ1v) is 8.86. The number of nitrogens with zero attached hydrogens (tertiary/aromatic N) is 3. The van der Waals surface area contributed by atoms with E-state index in [0.717, 1.165) is 13.0 Å². The molecule has 0 fully saturated rings. The number of likely N-dealkylation sites (N-methyl/N-ethyl adjacent to an activating group) is 2. The Morgan fingerprint density at radius 3 is 2.52 bits per heavy atom. The molecule has 2 rings (SSSR count). The zero-order chi connectivity index (χ0) is 20.1. The summed E-state index contributed by atoms with van der Waals surface area (Å²) in [6.07, 6.45) is 4.42. The molecule has 144 valence electrons. The van der Waals surface area contributed by atoms with E-state index < -0.39 is 5.91 Å². The van der Waals surface area contributed by atoms with Crippen LogP contribution >= 0.6 is 0 Å². The van der Waals surface area contributed by atoms with Crippen LogP contribution in [-0.2, 0) is 16.0 Å². The van der Waals surface area contributed by atoms with Crippen LogP contribution in [-0.4, -0.2) is 42.9 Å². The molecule has 0 bridgehead atoms. The molecule has 0 aliphatic rings. The standard InChI is InChI=1S/C18H21N5O2.C2H6/c1-19-16(17(25)21-13-24)12-15-8-10-20-18(22-15)23(2)11-9-14-6-4-3-5-7-14;1-2/h3-8,10,12-13,19H,9,11H2,1-2H3,(H,21,24,25);1-2H3/b16-12-;. The zero-order valence-electron chi connectivity index (χ0n) is 16.3. The summed E-state index contributed by atoms with van der Waals surface area (Å²) >= 11 is 0. The van der Waals surface area contributed by atoms with Gasteiger partial charge in [0.05, 0.1) is 5.69 Å². The lowest BCUT2D eigenvalue weighted by atomic mass is 10.1. The van der Waals surface area contributed by atoms with Gasteiger partial charge in [-0.2, -0.15) is 0 Å². The first kappa shape index (κ1) is 21.8. The number of imide groups is 1. The zero-order valence-corrected chi connectivity index (χ0v) is 16.3. The molecule has 1 heterocycles. The summed E-state index contributed by atoms with van der Waals surface area (Å²) in [6, 6.07) is 11.9. The van der Waals surface area contributed by atoms with E-state index in [1.807, 2.05) is 44.0 Å². The monoisotopic (exact) mass is 369 g/mol. The van der Waals surface area contributed by atoms with E-state index in [1.165, 1.54) is 5.56 Å². The number of carbonyl (C=O) groups excluding carboxylic acids is 2. The van der Waals surface area contributed by atoms with Crippen molar-refractivity contribution in [1.82, 2.24) is 20.6 Å². The molecule has 2 aromatic rings. The summed E-state index contributed by atoms with van der Waals surface area (Å²) in [4.78, 5) is 32.8. The highest BCUT2D eigenvalue weighted by molar-refractivity contribution is 6.01. The summed E-state index contributed by atoms with van der Waals surface area (Å²) in [5.74, 6) is 0.0472. The van der Waals surface area contributed by atoms with Gasteiger partial charge >= 0.3 is 0 Å². The fraction of sp³-hybridized carbons (Fsp3) is 0.300. The van der Waals surface area contributed by atoms with Gasteiger partial charge in [0.15, 0.2) is 0 Å². The number of hydrogen-bond donors (Lipinski definition) is 2. The summed E-state index contributed by atoms with van der Waals surface area (Å²) < 4.78 is 0. The highest BCUT2D eigenvalue weighted by Gasteiger charge is 2.09. The van der Waals surface area contributed by atoms with Crippen LogP contribution in [0, 0.1) is 0 Å². The van der Waals surface area contributed by atoms with Gasteiger partial charge in [0.2, 0.25) is 12.4 Å². The van der Waals surface area contributed by atoms with Crippen LogP contribution in [0.2, 0.25) is 0 Å². The molecular formula is C20H27N5O2. The van der Waals surface area contributed by atoms with Crippen molar-refractivity contribution in [1.29, 1.82) is 0 Å². The van der Waals surface area contributed by atoms with Crippen molar-refractivity contribution in [3.63, 3.8) is 0 Å². The number of aromatic nitrogens is 2. The molecule has 0 saturated carbocycles. The molecule has 1 aromatic carbocycles. The van der Waals surface area contributed by atoms with E-state index in [9.17, 15) is 9.59 Å². The normalized spacial score (nSPS) is 10.3. The molecule has 7 nitrogen and oxygen atoms in total. The number of anilines is 1. The van der Waals surface area contributed by atoms with Crippen molar-refractivity contribution in [2.45, 2.75) is 20.3 Å². The maximum Gasteiger partial charge on any atom is 0.273 e. The van der Waals surface area contributed by atoms with Gasteiger partial charge in [-0.25, -0.2) is 9.97 Å². The molecule has 2 N–H and O–H groups in total. The third kappa shape index (κ3) is 7.27. The molecule has 0 unspecified atom stereocenters. The van der Waals surface area contributed by atoms with Crippen LogP contribution < -0.4 is 15.5 Å². The first-order valence-electron chi connectivity index (χ1n) is 8.86. The topological polar surface area (TPSA) is 87.2 Å². The first-order chi connectivity index (χ1) is 13.1. The lowest BCUT2D eigenvalue weighted by molar-refractivity contribution is -0.122. The maximum absolute atomic E-state index is 11.7. The van der Waals surface area contributed by atoms with Crippen LogP contribution in [0.1, 0.15) is 25.1 Å². The minimum atomic E-state index is -0.518. The van der Waals surface area contributed by atoms with Crippen molar-refractivity contribution in [3.8, 4) is 0 Å². The maximum atomic E-state index is 11.7. The molecular weight excluding hydrogens is 342 g/mol. The smallest absolute Gasteiger partial charge is 0.273 e. The summed E-state index contributed by atoms with van der Waals surface area (Å²) in [5.41, 5.74) is 2.05. The lowest BCUT2D eigenvalue weighted by Gasteiger charge is -2.17. The number of benzene rings is 1. The second-order valence-corrected chi connectivity index (χ2v) is 5.34. The Balaban J connectivity index is 0.00000176. The fourth-order valence-electron chi connectivity index (χ4n) is 2.20. The third-order valence-corrected chi connectivity index (χ3v) is 3.58. The molecule has 0 aliphatic carbocycles. The Morgan fingerprint density at radius 1 is 1.19 bits per heavy atom. The predicted octanol–water partition coefficient (Wildman–Crippen LogP) is 2.01. The SMILES string of the molecule is CC.CN/C(=C\c1ccnc(N(C)CCc2ccccc2)n1)C(=O)NC=O. The van der Waals surface area contributed by atoms with Gasteiger partial charge in [-0.1, -0.05) is 44.2 Å². The number of rotatable bonds is 8. The largest absolute Gasteiger partial charge is 0.384 e. The van der Waals surface area contributed by atoms with Crippen molar-refractivity contribution in [2.24, 2.45) is 0 Å². The summed E-state index contributed by atoms with van der Waals surface area (Å²) in [6.45, 7) is 4.77. The van der Waals surface area contributed by atoms with E-state index in [-0.39, 0.29) is 5.70 Å². The molecule has 1 aromatic heterocycles. The molecule has 0 aliphatic heterocycles. The number of carbonyl (C=O) groups is 2. The molecule has 0 atom stereocenters. The second-order valence-electron chi connectivity index (χ2n) is 5.34. The van der Waals surface area contributed by atoms with Crippen LogP contribution in [0.3, 0.4) is 0 Å². The Kier molecular flexibility index (Phi) is 9.85. The quantitative estimate of drug-likeness (QED) is 0.547. The summed E-state index contributed by atoms with van der Waals surface area (Å²) in [7, 11) is 3.52. The average molecular weight is 369 g/mol. The summed E-state index contributed by atoms with van der Waals surface area (Å²) in [5, 5.41) is 4.84. The fourth-order valence-corrected chi connectivity index (χ4v) is 2.20. The highest BCUT2D eigenvalue weighted by Crippen LogP contribution is 2.10. The van der Waals surface area contributed by atoms with E-state index in [2.05, 4.69) is 32.7 Å². The Morgan fingerprint density at radius 2 is 1.89 bits per heavy atom. The van der Waals surface area contributed by atoms with E-state index in [0.29, 0.717) is 18.1 Å². The minimum absolute atomic E-state index is 0.240. The van der Waals surface area contributed by atoms with Crippen LogP contribution in [0.5, 0.6) is 0 Å². The van der Waals surface area contributed by atoms with Crippen molar-refractivity contribution in [2.75, 3.05) is 25.5 Å². The molecule has 7 heteroatoms. The van der Waals surface area contributed by atoms with Gasteiger partial charge < -0.3 is 10.2 Å². The van der Waals surface area contributed by atoms with Gasteiger partial charge in [-0.05, 0) is 24.1 Å². The minimum Gasteiger partial charge on any atom is -0.384 e. The van der Waals surface area contributed by atoms with E-state index >= 15 is 0 Å². The molecule has 0 spiro atoms. The van der Waals surface area contributed by atoms with Crippen LogP contribution in [0.4, 0.5) is 5.95 Å². The van der Waals surface area contributed by atoms with Gasteiger partial charge in [-0.3, -0.25) is 14.9 Å². The Labute approximate surface area is 160 Å². The van der Waals surface area contributed by atoms with Gasteiger partial charge in [0, 0.05) is 26.8 Å². The molecule has 0 radical (unpaired) electrons. The Bertz CT molecular complexity index is 747. The number of hydrogen-bond acceptors (Lipinski definition) is 6. The predicted molar refractivity (Wildman–Crippen MR) is 108 cm³/mol.